The van der Waals surface area contributed by atoms with Gasteiger partial charge in [-0.15, -0.1) is 11.3 Å². The van der Waals surface area contributed by atoms with E-state index in [0.29, 0.717) is 6.54 Å². The number of hydrogen-bond acceptors (Lipinski definition) is 3. The van der Waals surface area contributed by atoms with E-state index in [1.165, 1.54) is 16.0 Å². The zero-order valence-electron chi connectivity index (χ0n) is 13.8. The van der Waals surface area contributed by atoms with E-state index in [9.17, 15) is 4.79 Å². The van der Waals surface area contributed by atoms with Gasteiger partial charge >= 0.3 is 0 Å². The Kier molecular flexibility index (Phi) is 4.64. The van der Waals surface area contributed by atoms with E-state index < -0.39 is 0 Å². The number of hydrogen-bond donors (Lipinski definition) is 1. The van der Waals surface area contributed by atoms with Crippen molar-refractivity contribution in [1.29, 1.82) is 0 Å². The number of para-hydroxylation sites is 1. The monoisotopic (exact) mass is 326 g/mol. The Hall–Kier alpha value is -1.91. The Morgan fingerprint density at radius 3 is 2.83 bits per heavy atom. The molecule has 0 spiro atoms. The fraction of sp³-hybridized carbons (Fsp3) is 0.316. The van der Waals surface area contributed by atoms with Gasteiger partial charge in [0, 0.05) is 34.1 Å². The molecule has 120 valence electrons. The lowest BCUT2D eigenvalue weighted by atomic mass is 10.0. The van der Waals surface area contributed by atoms with Crippen molar-refractivity contribution in [2.24, 2.45) is 0 Å². The number of aromatic amines is 1. The second-order valence-corrected chi connectivity index (χ2v) is 7.02. The van der Waals surface area contributed by atoms with Crippen molar-refractivity contribution in [1.82, 2.24) is 9.88 Å². The van der Waals surface area contributed by atoms with E-state index in [-0.39, 0.29) is 5.78 Å². The SMILES string of the molecule is CCc1cccc2c(C(=O)CN(C)Cc3sccc3C)c[nH]c12. The third-order valence-corrected chi connectivity index (χ3v) is 5.29. The molecule has 0 atom stereocenters. The Labute approximate surface area is 140 Å². The van der Waals surface area contributed by atoms with Crippen LogP contribution in [0.1, 0.15) is 33.3 Å². The van der Waals surface area contributed by atoms with Gasteiger partial charge in [0.1, 0.15) is 0 Å². The summed E-state index contributed by atoms with van der Waals surface area (Å²) >= 11 is 1.75. The molecule has 0 saturated heterocycles. The number of carbonyl (C=O) groups excluding carboxylic acids is 1. The van der Waals surface area contributed by atoms with Crippen molar-refractivity contribution in [3.05, 3.63) is 57.4 Å². The first-order valence-corrected chi connectivity index (χ1v) is 8.81. The molecule has 0 saturated carbocycles. The van der Waals surface area contributed by atoms with Gasteiger partial charge in [-0.05, 0) is 43.0 Å². The number of H-pyrrole nitrogens is 1. The largest absolute Gasteiger partial charge is 0.360 e. The maximum Gasteiger partial charge on any atom is 0.178 e. The van der Waals surface area contributed by atoms with Gasteiger partial charge in [-0.1, -0.05) is 25.1 Å². The second-order valence-electron chi connectivity index (χ2n) is 6.02. The molecule has 3 nitrogen and oxygen atoms in total. The molecule has 3 aromatic rings. The molecule has 0 radical (unpaired) electrons. The van der Waals surface area contributed by atoms with Crippen LogP contribution < -0.4 is 0 Å². The van der Waals surface area contributed by atoms with Crippen molar-refractivity contribution in [3.63, 3.8) is 0 Å². The third-order valence-electron chi connectivity index (χ3n) is 4.28. The number of ketones is 1. The lowest BCUT2D eigenvalue weighted by molar-refractivity contribution is 0.0945. The Balaban J connectivity index is 1.77. The van der Waals surface area contributed by atoms with Gasteiger partial charge in [-0.3, -0.25) is 9.69 Å². The number of thiophene rings is 1. The number of fused-ring (bicyclic) bond motifs is 1. The number of aryl methyl sites for hydroxylation is 2. The smallest absolute Gasteiger partial charge is 0.178 e. The summed E-state index contributed by atoms with van der Waals surface area (Å²) in [5.41, 5.74) is 4.44. The first kappa shape index (κ1) is 16.0. The molecule has 0 aliphatic rings. The summed E-state index contributed by atoms with van der Waals surface area (Å²) in [4.78, 5) is 19.4. The maximum absolute atomic E-state index is 12.7. The average molecular weight is 326 g/mol. The Bertz CT molecular complexity index is 831. The van der Waals surface area contributed by atoms with Crippen molar-refractivity contribution in [2.75, 3.05) is 13.6 Å². The number of rotatable bonds is 6. The van der Waals surface area contributed by atoms with Gasteiger partial charge in [0.15, 0.2) is 5.78 Å². The molecule has 2 aromatic heterocycles. The van der Waals surface area contributed by atoms with Gasteiger partial charge in [0.25, 0.3) is 0 Å². The molecule has 1 aromatic carbocycles. The highest BCUT2D eigenvalue weighted by atomic mass is 32.1. The summed E-state index contributed by atoms with van der Waals surface area (Å²) in [6.07, 6.45) is 2.82. The van der Waals surface area contributed by atoms with Crippen LogP contribution in [0, 0.1) is 6.92 Å². The summed E-state index contributed by atoms with van der Waals surface area (Å²) in [6.45, 7) is 5.50. The summed E-state index contributed by atoms with van der Waals surface area (Å²) in [5.74, 6) is 0.168. The molecule has 2 heterocycles. The number of benzene rings is 1. The first-order valence-electron chi connectivity index (χ1n) is 7.93. The standard InChI is InChI=1S/C19H22N2OS/c1-4-14-6-5-7-15-16(10-20-19(14)15)17(22)11-21(3)12-18-13(2)8-9-23-18/h5-10,20H,4,11-12H2,1-3H3. The molecule has 0 aliphatic heterocycles. The maximum atomic E-state index is 12.7. The topological polar surface area (TPSA) is 36.1 Å². The highest BCUT2D eigenvalue weighted by Crippen LogP contribution is 2.23. The third kappa shape index (κ3) is 3.23. The summed E-state index contributed by atoms with van der Waals surface area (Å²) in [6, 6.07) is 8.30. The van der Waals surface area contributed by atoms with Crippen molar-refractivity contribution in [2.45, 2.75) is 26.8 Å². The molecule has 23 heavy (non-hydrogen) atoms. The minimum absolute atomic E-state index is 0.168. The van der Waals surface area contributed by atoms with Crippen LogP contribution in [0.25, 0.3) is 10.9 Å². The van der Waals surface area contributed by atoms with Gasteiger partial charge in [-0.25, -0.2) is 0 Å². The fourth-order valence-electron chi connectivity index (χ4n) is 2.94. The van der Waals surface area contributed by atoms with E-state index in [2.05, 4.69) is 41.2 Å². The number of nitrogens with one attached hydrogen (secondary N) is 1. The summed E-state index contributed by atoms with van der Waals surface area (Å²) in [5, 5.41) is 3.14. The molecular weight excluding hydrogens is 304 g/mol. The van der Waals surface area contributed by atoms with Crippen LogP contribution in [0.3, 0.4) is 0 Å². The van der Waals surface area contributed by atoms with Crippen LogP contribution in [0.5, 0.6) is 0 Å². The van der Waals surface area contributed by atoms with E-state index in [1.807, 2.05) is 25.4 Å². The minimum Gasteiger partial charge on any atom is -0.360 e. The minimum atomic E-state index is 0.168. The second kappa shape index (κ2) is 6.69. The van der Waals surface area contributed by atoms with Crippen molar-refractivity contribution < 1.29 is 4.79 Å². The van der Waals surface area contributed by atoms with E-state index in [0.717, 1.165) is 29.4 Å². The van der Waals surface area contributed by atoms with Gasteiger partial charge in [-0.2, -0.15) is 0 Å². The molecule has 1 N–H and O–H groups in total. The highest BCUT2D eigenvalue weighted by molar-refractivity contribution is 7.10. The Morgan fingerprint density at radius 1 is 1.30 bits per heavy atom. The number of likely N-dealkylation sites (N-methyl/N-ethyl adjacent to an activating group) is 1. The zero-order chi connectivity index (χ0) is 16.4. The highest BCUT2D eigenvalue weighted by Gasteiger charge is 2.16. The van der Waals surface area contributed by atoms with Gasteiger partial charge in [0.2, 0.25) is 0 Å². The normalized spacial score (nSPS) is 11.5. The van der Waals surface area contributed by atoms with E-state index >= 15 is 0 Å². The molecule has 4 heteroatoms. The van der Waals surface area contributed by atoms with E-state index in [4.69, 9.17) is 0 Å². The Morgan fingerprint density at radius 2 is 2.13 bits per heavy atom. The number of carbonyl (C=O) groups is 1. The fourth-order valence-corrected chi connectivity index (χ4v) is 3.93. The molecular formula is C19H22N2OS. The zero-order valence-corrected chi connectivity index (χ0v) is 14.7. The molecule has 0 unspecified atom stereocenters. The lowest BCUT2D eigenvalue weighted by Gasteiger charge is -2.15. The van der Waals surface area contributed by atoms with Crippen LogP contribution in [0.4, 0.5) is 0 Å². The lowest BCUT2D eigenvalue weighted by Crippen LogP contribution is -2.25. The number of nitrogens with zero attached hydrogens (tertiary/aromatic N) is 1. The van der Waals surface area contributed by atoms with Gasteiger partial charge < -0.3 is 4.98 Å². The summed E-state index contributed by atoms with van der Waals surface area (Å²) < 4.78 is 0. The molecule has 0 amide bonds. The average Bonchev–Trinajstić information content (AvgIpc) is 3.13. The number of aromatic nitrogens is 1. The summed E-state index contributed by atoms with van der Waals surface area (Å²) in [7, 11) is 2.00. The van der Waals surface area contributed by atoms with Crippen LogP contribution in [-0.2, 0) is 13.0 Å². The van der Waals surface area contributed by atoms with Crippen LogP contribution in [0.2, 0.25) is 0 Å². The van der Waals surface area contributed by atoms with E-state index in [1.54, 1.807) is 11.3 Å². The predicted octanol–water partition coefficient (Wildman–Crippen LogP) is 4.41. The molecule has 3 rings (SSSR count). The van der Waals surface area contributed by atoms with Crippen LogP contribution >= 0.6 is 11.3 Å². The first-order chi connectivity index (χ1) is 11.1. The predicted molar refractivity (Wildman–Crippen MR) is 97.4 cm³/mol. The molecule has 0 aliphatic carbocycles. The van der Waals surface area contributed by atoms with Gasteiger partial charge in [0.05, 0.1) is 6.54 Å². The van der Waals surface area contributed by atoms with Crippen molar-refractivity contribution >= 4 is 28.0 Å². The quantitative estimate of drug-likeness (QED) is 0.681. The molecule has 0 bridgehead atoms. The van der Waals surface area contributed by atoms with Crippen LogP contribution in [0.15, 0.2) is 35.8 Å². The number of Topliss-reactive ketones (excluding diaryl/α,β-unsaturated/α-hetero) is 1. The molecule has 0 fully saturated rings. The van der Waals surface area contributed by atoms with Crippen LogP contribution in [-0.4, -0.2) is 29.3 Å². The van der Waals surface area contributed by atoms with Crippen molar-refractivity contribution in [3.8, 4) is 0 Å².